The highest BCUT2D eigenvalue weighted by Crippen LogP contribution is 2.38. The summed E-state index contributed by atoms with van der Waals surface area (Å²) in [5, 5.41) is 31.1. The van der Waals surface area contributed by atoms with Crippen LogP contribution in [-0.4, -0.2) is 38.5 Å². The first-order valence-corrected chi connectivity index (χ1v) is 11.1. The number of nitrogens with zero attached hydrogens (tertiary/aromatic N) is 1. The maximum Gasteiger partial charge on any atom is 0.305 e. The predicted octanol–water partition coefficient (Wildman–Crippen LogP) is 5.93. The number of aliphatic carboxylic acids is 1. The minimum atomic E-state index is -1.14. The number of aliphatic hydroxyl groups is 2. The molecule has 0 bridgehead atoms. The Hall–Kier alpha value is -2.44. The summed E-state index contributed by atoms with van der Waals surface area (Å²) < 4.78 is 0. The Morgan fingerprint density at radius 2 is 1.72 bits per heavy atom. The van der Waals surface area contributed by atoms with E-state index in [-0.39, 0.29) is 12.3 Å². The Kier molecular flexibility index (Phi) is 7.91. The van der Waals surface area contributed by atoms with Gasteiger partial charge in [0.1, 0.15) is 0 Å². The summed E-state index contributed by atoms with van der Waals surface area (Å²) in [7, 11) is 0. The molecule has 0 aliphatic carbocycles. The highest BCUT2D eigenvalue weighted by molar-refractivity contribution is 6.31. The van der Waals surface area contributed by atoms with Gasteiger partial charge in [-0.25, -0.2) is 0 Å². The van der Waals surface area contributed by atoms with Gasteiger partial charge in [-0.05, 0) is 41.8 Å². The van der Waals surface area contributed by atoms with E-state index in [1.54, 1.807) is 18.2 Å². The molecule has 5 nitrogen and oxygen atoms in total. The smallest absolute Gasteiger partial charge is 0.305 e. The Morgan fingerprint density at radius 1 is 1.06 bits per heavy atom. The molecule has 2 aromatic carbocycles. The summed E-state index contributed by atoms with van der Waals surface area (Å²) in [4.78, 5) is 15.6. The van der Waals surface area contributed by atoms with Crippen LogP contribution in [-0.2, 0) is 4.79 Å². The van der Waals surface area contributed by atoms with Gasteiger partial charge in [0.2, 0.25) is 0 Å². The van der Waals surface area contributed by atoms with E-state index in [4.69, 9.17) is 33.3 Å². The quantitative estimate of drug-likeness (QED) is 0.376. The fourth-order valence-corrected chi connectivity index (χ4v) is 3.95. The SMILES string of the molecule is CC(C)c1nc2ccc(Cl)cc2c(-c2ccc(Cl)cc2)c1C=CC(O)CC(O)CC(=O)O. The zero-order valence-electron chi connectivity index (χ0n) is 17.8. The molecule has 0 fully saturated rings. The first-order chi connectivity index (χ1) is 15.2. The predicted molar refractivity (Wildman–Crippen MR) is 129 cm³/mol. The van der Waals surface area contributed by atoms with Crippen LogP contribution in [0.1, 0.15) is 43.9 Å². The number of pyridine rings is 1. The lowest BCUT2D eigenvalue weighted by molar-refractivity contribution is -0.139. The lowest BCUT2D eigenvalue weighted by atomic mass is 9.90. The monoisotopic (exact) mass is 473 g/mol. The minimum Gasteiger partial charge on any atom is -0.481 e. The Balaban J connectivity index is 2.16. The largest absolute Gasteiger partial charge is 0.481 e. The van der Waals surface area contributed by atoms with Gasteiger partial charge >= 0.3 is 5.97 Å². The van der Waals surface area contributed by atoms with Crippen LogP contribution in [0.2, 0.25) is 10.0 Å². The second-order valence-corrected chi connectivity index (χ2v) is 8.90. The maximum absolute atomic E-state index is 10.8. The third kappa shape index (κ3) is 5.87. The molecule has 0 saturated carbocycles. The summed E-state index contributed by atoms with van der Waals surface area (Å²) in [5.41, 5.74) is 4.30. The van der Waals surface area contributed by atoms with E-state index < -0.39 is 24.6 Å². The van der Waals surface area contributed by atoms with E-state index in [0.717, 1.165) is 33.3 Å². The lowest BCUT2D eigenvalue weighted by Gasteiger charge is -2.18. The first-order valence-electron chi connectivity index (χ1n) is 10.3. The van der Waals surface area contributed by atoms with Crippen molar-refractivity contribution in [2.24, 2.45) is 0 Å². The van der Waals surface area contributed by atoms with Gasteiger partial charge in [0.05, 0.1) is 29.8 Å². The van der Waals surface area contributed by atoms with Gasteiger partial charge in [0, 0.05) is 33.0 Å². The van der Waals surface area contributed by atoms with E-state index >= 15 is 0 Å². The third-order valence-corrected chi connectivity index (χ3v) is 5.59. The summed E-state index contributed by atoms with van der Waals surface area (Å²) in [5.74, 6) is -1.02. The standard InChI is InChI=1S/C25H25Cl2NO4/c1-14(2)25-20(9-8-18(29)12-19(30)13-23(31)32)24(15-3-5-16(26)6-4-15)21-11-17(27)7-10-22(21)28-25/h3-11,14,18-19,29-30H,12-13H2,1-2H3,(H,31,32). The van der Waals surface area contributed by atoms with E-state index in [1.807, 2.05) is 50.2 Å². The molecule has 2 unspecified atom stereocenters. The molecule has 3 aromatic rings. The maximum atomic E-state index is 10.8. The molecule has 0 aliphatic rings. The Labute approximate surface area is 197 Å². The van der Waals surface area contributed by atoms with Crippen molar-refractivity contribution in [3.63, 3.8) is 0 Å². The van der Waals surface area contributed by atoms with Gasteiger partial charge < -0.3 is 15.3 Å². The molecule has 0 saturated heterocycles. The average molecular weight is 474 g/mol. The van der Waals surface area contributed by atoms with E-state index in [0.29, 0.717) is 10.0 Å². The molecule has 7 heteroatoms. The highest BCUT2D eigenvalue weighted by atomic mass is 35.5. The van der Waals surface area contributed by atoms with Crippen molar-refractivity contribution in [3.8, 4) is 11.1 Å². The van der Waals surface area contributed by atoms with Crippen molar-refractivity contribution in [2.45, 2.75) is 44.8 Å². The molecule has 0 amide bonds. The van der Waals surface area contributed by atoms with Gasteiger partial charge in [0.15, 0.2) is 0 Å². The van der Waals surface area contributed by atoms with E-state index in [2.05, 4.69) is 0 Å². The molecule has 0 aliphatic heterocycles. The number of carboxylic acid groups (broad SMARTS) is 1. The number of benzene rings is 2. The molecule has 1 heterocycles. The van der Waals surface area contributed by atoms with Crippen LogP contribution in [0.25, 0.3) is 28.1 Å². The van der Waals surface area contributed by atoms with Crippen LogP contribution in [0.5, 0.6) is 0 Å². The van der Waals surface area contributed by atoms with Crippen molar-refractivity contribution in [2.75, 3.05) is 0 Å². The van der Waals surface area contributed by atoms with Gasteiger partial charge in [-0.15, -0.1) is 0 Å². The minimum absolute atomic E-state index is 0.0804. The van der Waals surface area contributed by atoms with Crippen molar-refractivity contribution in [3.05, 3.63) is 69.8 Å². The summed E-state index contributed by atoms with van der Waals surface area (Å²) in [6.45, 7) is 4.08. The van der Waals surface area contributed by atoms with E-state index in [9.17, 15) is 15.0 Å². The number of hydrogen-bond donors (Lipinski definition) is 3. The summed E-state index contributed by atoms with van der Waals surface area (Å²) in [6.07, 6.45) is 0.685. The van der Waals surface area contributed by atoms with E-state index in [1.165, 1.54) is 0 Å². The molecular formula is C25H25Cl2NO4. The molecule has 0 spiro atoms. The van der Waals surface area contributed by atoms with Crippen molar-refractivity contribution >= 4 is 46.2 Å². The molecule has 32 heavy (non-hydrogen) atoms. The number of aromatic nitrogens is 1. The van der Waals surface area contributed by atoms with Gasteiger partial charge in [0.25, 0.3) is 0 Å². The molecule has 168 valence electrons. The number of fused-ring (bicyclic) bond motifs is 1. The van der Waals surface area contributed by atoms with Crippen LogP contribution in [0.15, 0.2) is 48.5 Å². The second-order valence-electron chi connectivity index (χ2n) is 8.02. The zero-order chi connectivity index (χ0) is 23.4. The first kappa shape index (κ1) is 24.2. The van der Waals surface area contributed by atoms with Crippen molar-refractivity contribution in [1.82, 2.24) is 4.98 Å². The van der Waals surface area contributed by atoms with Crippen LogP contribution in [0, 0.1) is 0 Å². The van der Waals surface area contributed by atoms with Gasteiger partial charge in [-0.3, -0.25) is 9.78 Å². The number of halogens is 2. The molecule has 0 radical (unpaired) electrons. The number of carbonyl (C=O) groups is 1. The number of hydrogen-bond acceptors (Lipinski definition) is 4. The van der Waals surface area contributed by atoms with Gasteiger partial charge in [-0.2, -0.15) is 0 Å². The second kappa shape index (κ2) is 10.5. The number of carboxylic acids is 1. The normalized spacial score (nSPS) is 13.7. The van der Waals surface area contributed by atoms with Crippen molar-refractivity contribution < 1.29 is 20.1 Å². The van der Waals surface area contributed by atoms with Crippen LogP contribution < -0.4 is 0 Å². The molecule has 1 aromatic heterocycles. The fourth-order valence-electron chi connectivity index (χ4n) is 3.66. The van der Waals surface area contributed by atoms with Gasteiger partial charge in [-0.1, -0.05) is 61.3 Å². The lowest BCUT2D eigenvalue weighted by Crippen LogP contribution is -2.19. The topological polar surface area (TPSA) is 90.7 Å². The third-order valence-electron chi connectivity index (χ3n) is 5.10. The molecular weight excluding hydrogens is 449 g/mol. The van der Waals surface area contributed by atoms with Crippen LogP contribution in [0.4, 0.5) is 0 Å². The molecule has 3 rings (SSSR count). The number of aliphatic hydroxyl groups excluding tert-OH is 2. The van der Waals surface area contributed by atoms with Crippen LogP contribution in [0.3, 0.4) is 0 Å². The number of rotatable bonds is 8. The summed E-state index contributed by atoms with van der Waals surface area (Å²) >= 11 is 12.4. The Morgan fingerprint density at radius 3 is 2.34 bits per heavy atom. The van der Waals surface area contributed by atoms with Crippen molar-refractivity contribution in [1.29, 1.82) is 0 Å². The average Bonchev–Trinajstić information content (AvgIpc) is 2.71. The molecule has 2 atom stereocenters. The highest BCUT2D eigenvalue weighted by Gasteiger charge is 2.19. The summed E-state index contributed by atoms with van der Waals surface area (Å²) in [6, 6.07) is 13.0. The van der Waals surface area contributed by atoms with Crippen LogP contribution >= 0.6 is 23.2 Å². The fraction of sp³-hybridized carbons (Fsp3) is 0.280. The molecule has 3 N–H and O–H groups in total. The Bertz CT molecular complexity index is 1140. The zero-order valence-corrected chi connectivity index (χ0v) is 19.3.